The molecule has 2 aromatic carbocycles. The second-order valence-electron chi connectivity index (χ2n) is 8.11. The van der Waals surface area contributed by atoms with Gasteiger partial charge >= 0.3 is 11.9 Å². The molecule has 1 unspecified atom stereocenters. The van der Waals surface area contributed by atoms with Crippen LogP contribution >= 0.6 is 11.3 Å². The van der Waals surface area contributed by atoms with Gasteiger partial charge in [-0.3, -0.25) is 9.36 Å². The molecule has 3 aromatic rings. The van der Waals surface area contributed by atoms with Crippen molar-refractivity contribution in [3.8, 4) is 11.5 Å². The van der Waals surface area contributed by atoms with Gasteiger partial charge in [-0.05, 0) is 32.1 Å². The van der Waals surface area contributed by atoms with Crippen LogP contribution in [0.2, 0.25) is 0 Å². The van der Waals surface area contributed by atoms with Crippen molar-refractivity contribution in [2.75, 3.05) is 27.4 Å². The number of fused-ring (bicyclic) bond motifs is 1. The summed E-state index contributed by atoms with van der Waals surface area (Å²) in [4.78, 5) is 40.5. The summed E-state index contributed by atoms with van der Waals surface area (Å²) in [5.74, 6) is -0.405. The molecule has 9 nitrogen and oxygen atoms in total. The maximum absolute atomic E-state index is 13.8. The van der Waals surface area contributed by atoms with E-state index in [1.54, 1.807) is 56.3 Å². The van der Waals surface area contributed by atoms with Crippen molar-refractivity contribution < 1.29 is 28.5 Å². The standard InChI is InChI=1S/C28H28N2O7S/c1-5-36-27(32)22-21(17-12-8-10-14-19(17)35-4)23(29)24(28(33)37-6-2)30-25(31)20(38-26(22)30)15-16-11-7-9-13-18(16)34-3/h7-15,24H,5-6,29H2,1-4H3. The smallest absolute Gasteiger partial charge is 0.341 e. The van der Waals surface area contributed by atoms with Gasteiger partial charge in [-0.1, -0.05) is 36.4 Å². The number of thiazole rings is 1. The number of carbonyl (C=O) groups is 2. The molecule has 198 valence electrons. The van der Waals surface area contributed by atoms with Crippen molar-refractivity contribution >= 4 is 40.5 Å². The molecule has 1 aliphatic rings. The quantitative estimate of drug-likeness (QED) is 0.434. The Labute approximate surface area is 223 Å². The van der Waals surface area contributed by atoms with Crippen molar-refractivity contribution in [3.63, 3.8) is 0 Å². The van der Waals surface area contributed by atoms with Crippen molar-refractivity contribution in [1.82, 2.24) is 4.57 Å². The number of hydrogen-bond donors (Lipinski definition) is 1. The number of para-hydroxylation sites is 2. The van der Waals surface area contributed by atoms with Gasteiger partial charge in [0.25, 0.3) is 5.56 Å². The SMILES string of the molecule is CCOC(=O)C1=c2sc(=Cc3ccccc3OC)c(=O)n2C(C(=O)OCC)C(N)=C1c1ccccc1OC. The Kier molecular flexibility index (Phi) is 8.02. The van der Waals surface area contributed by atoms with E-state index in [1.807, 2.05) is 12.1 Å². The Morgan fingerprint density at radius 1 is 0.974 bits per heavy atom. The zero-order chi connectivity index (χ0) is 27.4. The second kappa shape index (κ2) is 11.4. The number of aromatic nitrogens is 1. The van der Waals surface area contributed by atoms with Gasteiger partial charge in [0.1, 0.15) is 21.7 Å². The minimum atomic E-state index is -1.30. The van der Waals surface area contributed by atoms with E-state index in [9.17, 15) is 14.4 Å². The Morgan fingerprint density at radius 3 is 2.26 bits per heavy atom. The van der Waals surface area contributed by atoms with Crippen molar-refractivity contribution in [3.05, 3.63) is 84.9 Å². The van der Waals surface area contributed by atoms with Crippen LogP contribution in [0, 0.1) is 0 Å². The molecule has 0 fully saturated rings. The van der Waals surface area contributed by atoms with Crippen LogP contribution in [0.25, 0.3) is 17.2 Å². The molecule has 0 spiro atoms. The van der Waals surface area contributed by atoms with Gasteiger partial charge in [-0.25, -0.2) is 9.59 Å². The minimum Gasteiger partial charge on any atom is -0.496 e. The zero-order valence-electron chi connectivity index (χ0n) is 21.5. The third-order valence-corrected chi connectivity index (χ3v) is 7.06. The summed E-state index contributed by atoms with van der Waals surface area (Å²) in [6.07, 6.45) is 1.65. The lowest BCUT2D eigenvalue weighted by atomic mass is 9.91. The Hall–Kier alpha value is -4.31. The number of nitrogens with two attached hydrogens (primary N) is 1. The fourth-order valence-electron chi connectivity index (χ4n) is 4.35. The van der Waals surface area contributed by atoms with Crippen LogP contribution in [0.1, 0.15) is 31.0 Å². The molecule has 0 saturated heterocycles. The number of rotatable bonds is 8. The first-order valence-corrected chi connectivity index (χ1v) is 12.8. The second-order valence-corrected chi connectivity index (χ2v) is 9.14. The lowest BCUT2D eigenvalue weighted by molar-refractivity contribution is -0.146. The number of carbonyl (C=O) groups excluding carboxylic acids is 2. The van der Waals surface area contributed by atoms with Gasteiger partial charge in [0.05, 0.1) is 37.7 Å². The average Bonchev–Trinajstić information content (AvgIpc) is 3.23. The predicted molar refractivity (Wildman–Crippen MR) is 144 cm³/mol. The Balaban J connectivity index is 2.16. The Bertz CT molecular complexity index is 1600. The molecule has 2 N–H and O–H groups in total. The highest BCUT2D eigenvalue weighted by atomic mass is 32.1. The number of nitrogens with zero attached hydrogens (tertiary/aromatic N) is 1. The first-order chi connectivity index (χ1) is 18.4. The van der Waals surface area contributed by atoms with Gasteiger partial charge in [0, 0.05) is 16.7 Å². The summed E-state index contributed by atoms with van der Waals surface area (Å²) in [7, 11) is 3.03. The van der Waals surface area contributed by atoms with E-state index in [2.05, 4.69) is 0 Å². The maximum atomic E-state index is 13.8. The molecule has 1 aliphatic heterocycles. The summed E-state index contributed by atoms with van der Waals surface area (Å²) in [6, 6.07) is 12.9. The van der Waals surface area contributed by atoms with Gasteiger partial charge < -0.3 is 24.7 Å². The van der Waals surface area contributed by atoms with Gasteiger partial charge in [0.2, 0.25) is 0 Å². The number of hydrogen-bond acceptors (Lipinski definition) is 9. The zero-order valence-corrected chi connectivity index (χ0v) is 22.3. The van der Waals surface area contributed by atoms with Gasteiger partial charge in [0.15, 0.2) is 6.04 Å². The molecule has 1 aromatic heterocycles. The lowest BCUT2D eigenvalue weighted by Gasteiger charge is -2.26. The largest absolute Gasteiger partial charge is 0.496 e. The molecule has 0 saturated carbocycles. The molecule has 38 heavy (non-hydrogen) atoms. The average molecular weight is 537 g/mol. The first-order valence-electron chi connectivity index (χ1n) is 11.9. The number of ether oxygens (including phenoxy) is 4. The summed E-state index contributed by atoms with van der Waals surface area (Å²) in [5, 5.41) is 0. The summed E-state index contributed by atoms with van der Waals surface area (Å²) >= 11 is 1.05. The fourth-order valence-corrected chi connectivity index (χ4v) is 5.50. The van der Waals surface area contributed by atoms with Crippen LogP contribution in [-0.4, -0.2) is 43.9 Å². The number of esters is 2. The summed E-state index contributed by atoms with van der Waals surface area (Å²) in [6.45, 7) is 3.52. The molecular weight excluding hydrogens is 508 g/mol. The van der Waals surface area contributed by atoms with E-state index in [4.69, 9.17) is 24.7 Å². The predicted octanol–water partition coefficient (Wildman–Crippen LogP) is 1.96. The highest BCUT2D eigenvalue weighted by Crippen LogP contribution is 2.38. The Morgan fingerprint density at radius 2 is 1.61 bits per heavy atom. The highest BCUT2D eigenvalue weighted by Gasteiger charge is 2.39. The third-order valence-electron chi connectivity index (χ3n) is 5.95. The van der Waals surface area contributed by atoms with Gasteiger partial charge in [-0.15, -0.1) is 11.3 Å². The van der Waals surface area contributed by atoms with E-state index >= 15 is 0 Å². The normalized spacial score (nSPS) is 15.2. The topological polar surface area (TPSA) is 119 Å². The summed E-state index contributed by atoms with van der Waals surface area (Å²) in [5.41, 5.74) is 7.57. The van der Waals surface area contributed by atoms with Gasteiger partial charge in [-0.2, -0.15) is 0 Å². The van der Waals surface area contributed by atoms with Crippen LogP contribution in [0.15, 0.2) is 59.0 Å². The van der Waals surface area contributed by atoms with Crippen molar-refractivity contribution in [1.29, 1.82) is 0 Å². The van der Waals surface area contributed by atoms with Crippen LogP contribution in [-0.2, 0) is 19.1 Å². The van der Waals surface area contributed by atoms with E-state index < -0.39 is 23.5 Å². The molecule has 0 bridgehead atoms. The van der Waals surface area contributed by atoms with E-state index in [1.165, 1.54) is 18.8 Å². The van der Waals surface area contributed by atoms with Crippen LogP contribution in [0.3, 0.4) is 0 Å². The van der Waals surface area contributed by atoms with Crippen LogP contribution < -0.4 is 30.0 Å². The number of benzene rings is 2. The molecule has 0 aliphatic carbocycles. The number of methoxy groups -OCH3 is 2. The molecule has 0 radical (unpaired) electrons. The van der Waals surface area contributed by atoms with E-state index in [0.29, 0.717) is 22.6 Å². The van der Waals surface area contributed by atoms with Crippen LogP contribution in [0.4, 0.5) is 0 Å². The first kappa shape index (κ1) is 26.7. The fraction of sp³-hybridized carbons (Fsp3) is 0.250. The van der Waals surface area contributed by atoms with Crippen molar-refractivity contribution in [2.24, 2.45) is 5.73 Å². The highest BCUT2D eigenvalue weighted by molar-refractivity contribution is 7.07. The molecule has 4 rings (SSSR count). The van der Waals surface area contributed by atoms with Crippen molar-refractivity contribution in [2.45, 2.75) is 19.9 Å². The molecule has 10 heteroatoms. The third kappa shape index (κ3) is 4.70. The summed E-state index contributed by atoms with van der Waals surface area (Å²) < 4.78 is 23.4. The lowest BCUT2D eigenvalue weighted by Crippen LogP contribution is -2.45. The van der Waals surface area contributed by atoms with Crippen LogP contribution in [0.5, 0.6) is 11.5 Å². The maximum Gasteiger partial charge on any atom is 0.341 e. The monoisotopic (exact) mass is 536 g/mol. The molecule has 1 atom stereocenters. The molecule has 0 amide bonds. The molecule has 2 heterocycles. The minimum absolute atomic E-state index is 0.0211. The van der Waals surface area contributed by atoms with E-state index in [-0.39, 0.29) is 39.3 Å². The van der Waals surface area contributed by atoms with E-state index in [0.717, 1.165) is 11.3 Å². The molecular formula is C28H28N2O7S.